The number of nitrogens with one attached hydrogen (secondary N) is 1. The first-order valence-electron chi connectivity index (χ1n) is 14.1. The van der Waals surface area contributed by atoms with Gasteiger partial charge < -0.3 is 45.4 Å². The summed E-state index contributed by atoms with van der Waals surface area (Å²) in [5.74, 6) is -7.43. The molecular formula is C34H28N2O12. The SMILES string of the molecule is COc1cc(/C=C2/C(=O)N(c3ccc(O)cc3C(=O)O)[C@H](c3ccc(O)c(OC)c3)[C@H]2C(=O)Nc2ccc(O)cc2C(=O)O)ccc1O. The van der Waals surface area contributed by atoms with E-state index in [0.717, 1.165) is 23.1 Å². The molecule has 1 aliphatic heterocycles. The van der Waals surface area contributed by atoms with E-state index in [0.29, 0.717) is 5.56 Å². The number of aromatic hydroxyl groups is 4. The van der Waals surface area contributed by atoms with Gasteiger partial charge in [-0.1, -0.05) is 12.1 Å². The molecule has 5 rings (SSSR count). The number of ether oxygens (including phenoxy) is 2. The van der Waals surface area contributed by atoms with E-state index in [-0.39, 0.29) is 51.3 Å². The van der Waals surface area contributed by atoms with Crippen molar-refractivity contribution in [1.29, 1.82) is 0 Å². The first-order chi connectivity index (χ1) is 22.8. The van der Waals surface area contributed by atoms with Gasteiger partial charge in [0, 0.05) is 5.57 Å². The Labute approximate surface area is 272 Å². The zero-order valence-electron chi connectivity index (χ0n) is 25.2. The minimum absolute atomic E-state index is 0.0318. The summed E-state index contributed by atoms with van der Waals surface area (Å²) in [5, 5.41) is 62.8. The highest BCUT2D eigenvalue weighted by Crippen LogP contribution is 2.48. The topological polar surface area (TPSA) is 223 Å². The maximum absolute atomic E-state index is 14.5. The van der Waals surface area contributed by atoms with Crippen molar-refractivity contribution in [2.75, 3.05) is 24.4 Å². The third-order valence-electron chi connectivity index (χ3n) is 7.71. The van der Waals surface area contributed by atoms with E-state index < -0.39 is 52.6 Å². The van der Waals surface area contributed by atoms with Crippen LogP contribution in [0.15, 0.2) is 78.4 Å². The highest BCUT2D eigenvalue weighted by molar-refractivity contribution is 6.19. The lowest BCUT2D eigenvalue weighted by molar-refractivity contribution is -0.119. The van der Waals surface area contributed by atoms with Crippen molar-refractivity contribution in [3.05, 3.63) is 101 Å². The fourth-order valence-corrected chi connectivity index (χ4v) is 5.53. The van der Waals surface area contributed by atoms with Gasteiger partial charge in [0.15, 0.2) is 23.0 Å². The molecular weight excluding hydrogens is 628 g/mol. The number of aromatic carboxylic acids is 2. The molecule has 14 nitrogen and oxygen atoms in total. The smallest absolute Gasteiger partial charge is 0.337 e. The summed E-state index contributed by atoms with van der Waals surface area (Å²) in [5.41, 5.74) is -1.00. The van der Waals surface area contributed by atoms with Crippen LogP contribution in [-0.4, -0.2) is 68.6 Å². The standard InChI is InChI=1S/C34H28N2O12/c1-47-27-12-16(3-9-25(27)39)11-22-29(31(41)35-23-7-5-18(37)14-20(23)33(43)44)30(17-4-10-26(40)28(13-17)48-2)36(32(22)42)24-8-6-19(38)15-21(24)34(45)46/h3-15,29-30,37-40H,1-2H3,(H,35,41)(H,43,44)(H,45,46)/b22-11+/t29-,30+/m0/s1. The molecule has 0 radical (unpaired) electrons. The van der Waals surface area contributed by atoms with E-state index in [1.807, 2.05) is 0 Å². The average molecular weight is 657 g/mol. The second kappa shape index (κ2) is 13.0. The number of carbonyl (C=O) groups is 4. The summed E-state index contributed by atoms with van der Waals surface area (Å²) in [4.78, 5) is 54.3. The number of hydrogen-bond donors (Lipinski definition) is 7. The summed E-state index contributed by atoms with van der Waals surface area (Å²) in [7, 11) is 2.60. The monoisotopic (exact) mass is 656 g/mol. The number of anilines is 2. The van der Waals surface area contributed by atoms with Crippen LogP contribution in [0.2, 0.25) is 0 Å². The van der Waals surface area contributed by atoms with Gasteiger partial charge >= 0.3 is 11.9 Å². The Bertz CT molecular complexity index is 2000. The molecule has 2 amide bonds. The lowest BCUT2D eigenvalue weighted by Gasteiger charge is -2.29. The van der Waals surface area contributed by atoms with Gasteiger partial charge in [-0.15, -0.1) is 0 Å². The first-order valence-corrected chi connectivity index (χ1v) is 14.1. The van der Waals surface area contributed by atoms with Gasteiger partial charge in [0.2, 0.25) is 5.91 Å². The van der Waals surface area contributed by atoms with Gasteiger partial charge in [-0.05, 0) is 77.9 Å². The number of benzene rings is 4. The van der Waals surface area contributed by atoms with E-state index >= 15 is 0 Å². The Morgan fingerprint density at radius 3 is 1.96 bits per heavy atom. The van der Waals surface area contributed by atoms with Gasteiger partial charge in [-0.2, -0.15) is 0 Å². The van der Waals surface area contributed by atoms with Gasteiger partial charge in [0.05, 0.1) is 48.7 Å². The molecule has 4 aromatic carbocycles. The zero-order valence-corrected chi connectivity index (χ0v) is 25.2. The van der Waals surface area contributed by atoms with E-state index in [2.05, 4.69) is 5.32 Å². The Kier molecular flexibility index (Phi) is 8.83. The van der Waals surface area contributed by atoms with Crippen LogP contribution >= 0.6 is 0 Å². The van der Waals surface area contributed by atoms with Gasteiger partial charge in [0.1, 0.15) is 11.5 Å². The van der Waals surface area contributed by atoms with Crippen molar-refractivity contribution in [3.63, 3.8) is 0 Å². The van der Waals surface area contributed by atoms with Crippen LogP contribution in [0.3, 0.4) is 0 Å². The number of carbonyl (C=O) groups excluding carboxylic acids is 2. The number of phenols is 4. The van der Waals surface area contributed by atoms with Crippen molar-refractivity contribution >= 4 is 41.2 Å². The van der Waals surface area contributed by atoms with Crippen LogP contribution in [0, 0.1) is 5.92 Å². The Hall–Kier alpha value is -6.70. The number of carboxylic acid groups (broad SMARTS) is 2. The normalized spacial score (nSPS) is 16.5. The predicted molar refractivity (Wildman–Crippen MR) is 170 cm³/mol. The molecule has 0 aromatic heterocycles. The van der Waals surface area contributed by atoms with Crippen LogP contribution < -0.4 is 19.7 Å². The van der Waals surface area contributed by atoms with Crippen molar-refractivity contribution in [2.45, 2.75) is 6.04 Å². The molecule has 0 spiro atoms. The minimum Gasteiger partial charge on any atom is -0.508 e. The number of amides is 2. The predicted octanol–water partition coefficient (Wildman–Crippen LogP) is 4.35. The van der Waals surface area contributed by atoms with Gasteiger partial charge in [-0.25, -0.2) is 9.59 Å². The number of methoxy groups -OCH3 is 2. The molecule has 14 heteroatoms. The second-order valence-electron chi connectivity index (χ2n) is 10.6. The Morgan fingerprint density at radius 1 is 0.750 bits per heavy atom. The van der Waals surface area contributed by atoms with Crippen molar-refractivity contribution in [1.82, 2.24) is 0 Å². The molecule has 7 N–H and O–H groups in total. The molecule has 1 saturated heterocycles. The molecule has 48 heavy (non-hydrogen) atoms. The molecule has 0 aliphatic carbocycles. The molecule has 246 valence electrons. The molecule has 4 aromatic rings. The van der Waals surface area contributed by atoms with E-state index in [4.69, 9.17) is 9.47 Å². The van der Waals surface area contributed by atoms with Crippen molar-refractivity contribution in [3.8, 4) is 34.5 Å². The quantitative estimate of drug-likeness (QED) is 0.0987. The fourth-order valence-electron chi connectivity index (χ4n) is 5.53. The van der Waals surface area contributed by atoms with E-state index in [9.17, 15) is 49.8 Å². The number of phenolic OH excluding ortho intramolecular Hbond substituents is 4. The maximum atomic E-state index is 14.5. The van der Waals surface area contributed by atoms with E-state index in [1.165, 1.54) is 74.9 Å². The summed E-state index contributed by atoms with van der Waals surface area (Å²) in [6.45, 7) is 0. The molecule has 2 atom stereocenters. The van der Waals surface area contributed by atoms with E-state index in [1.54, 1.807) is 0 Å². The number of carboxylic acids is 2. The number of rotatable bonds is 9. The second-order valence-corrected chi connectivity index (χ2v) is 10.6. The average Bonchev–Trinajstić information content (AvgIpc) is 3.33. The summed E-state index contributed by atoms with van der Waals surface area (Å²) < 4.78 is 10.5. The lowest BCUT2D eigenvalue weighted by atomic mass is 9.88. The summed E-state index contributed by atoms with van der Waals surface area (Å²) in [6, 6.07) is 13.4. The number of hydrogen-bond acceptors (Lipinski definition) is 10. The van der Waals surface area contributed by atoms with Gasteiger partial charge in [-0.3, -0.25) is 14.5 Å². The molecule has 1 aliphatic rings. The van der Waals surface area contributed by atoms with Crippen LogP contribution in [-0.2, 0) is 9.59 Å². The van der Waals surface area contributed by atoms with Gasteiger partial charge in [0.25, 0.3) is 5.91 Å². The highest BCUT2D eigenvalue weighted by atomic mass is 16.5. The highest BCUT2D eigenvalue weighted by Gasteiger charge is 2.50. The first kappa shape index (κ1) is 32.7. The molecule has 1 fully saturated rings. The fraction of sp³-hybridized carbons (Fsp3) is 0.118. The third kappa shape index (κ3) is 6.09. The van der Waals surface area contributed by atoms with Crippen molar-refractivity contribution < 1.29 is 59.3 Å². The molecule has 1 heterocycles. The maximum Gasteiger partial charge on any atom is 0.337 e. The van der Waals surface area contributed by atoms with Crippen LogP contribution in [0.25, 0.3) is 6.08 Å². The summed E-state index contributed by atoms with van der Waals surface area (Å²) in [6.07, 6.45) is 1.34. The summed E-state index contributed by atoms with van der Waals surface area (Å²) >= 11 is 0. The Balaban J connectivity index is 1.80. The molecule has 0 saturated carbocycles. The largest absolute Gasteiger partial charge is 0.508 e. The number of nitrogens with zero attached hydrogens (tertiary/aromatic N) is 1. The zero-order chi connectivity index (χ0) is 34.9. The lowest BCUT2D eigenvalue weighted by Crippen LogP contribution is -2.33. The minimum atomic E-state index is -1.50. The van der Waals surface area contributed by atoms with Crippen LogP contribution in [0.5, 0.6) is 34.5 Å². The third-order valence-corrected chi connectivity index (χ3v) is 7.71. The van der Waals surface area contributed by atoms with Crippen LogP contribution in [0.1, 0.15) is 37.9 Å². The van der Waals surface area contributed by atoms with Crippen molar-refractivity contribution in [2.24, 2.45) is 5.92 Å². The molecule has 0 bridgehead atoms. The van der Waals surface area contributed by atoms with Crippen LogP contribution in [0.4, 0.5) is 11.4 Å². The molecule has 0 unspecified atom stereocenters. The Morgan fingerprint density at radius 2 is 1.33 bits per heavy atom.